The summed E-state index contributed by atoms with van der Waals surface area (Å²) < 4.78 is 5.25. The molecule has 2 aromatic rings. The number of hydrogen-bond acceptors (Lipinski definition) is 4. The lowest BCUT2D eigenvalue weighted by molar-refractivity contribution is -0.384. The van der Waals surface area contributed by atoms with Gasteiger partial charge < -0.3 is 4.74 Å². The second-order valence-electron chi connectivity index (χ2n) is 3.95. The summed E-state index contributed by atoms with van der Waals surface area (Å²) in [6.07, 6.45) is -0.943. The lowest BCUT2D eigenvalue weighted by Crippen LogP contribution is -2.19. The van der Waals surface area contributed by atoms with Crippen molar-refractivity contribution in [2.75, 3.05) is 0 Å². The van der Waals surface area contributed by atoms with Crippen molar-refractivity contribution in [3.05, 3.63) is 46.5 Å². The van der Waals surface area contributed by atoms with Crippen LogP contribution in [0.25, 0.3) is 10.8 Å². The molecule has 98 valence electrons. The molecule has 0 unspecified atom stereocenters. The number of carbonyl (C=O) groups is 1. The van der Waals surface area contributed by atoms with Gasteiger partial charge in [-0.1, -0.05) is 24.3 Å². The number of fused-ring (bicyclic) bond motifs is 1. The van der Waals surface area contributed by atoms with Crippen molar-refractivity contribution in [1.29, 1.82) is 0 Å². The van der Waals surface area contributed by atoms with Gasteiger partial charge in [-0.15, -0.1) is 0 Å². The van der Waals surface area contributed by atoms with Crippen molar-refractivity contribution in [3.63, 3.8) is 0 Å². The summed E-state index contributed by atoms with van der Waals surface area (Å²) in [5.41, 5.74) is -0.164. The number of rotatable bonds is 4. The standard InChI is InChI=1S/C13H10ClNO4/c1-8(13(14)16)19-11-7-6-9-4-2-3-5-10(9)12(11)15(17)18/h2-8H,1H3/t8-/m0/s1. The molecule has 5 nitrogen and oxygen atoms in total. The maximum atomic E-state index is 11.2. The SMILES string of the molecule is C[C@H](Oc1ccc2ccccc2c1[N+](=O)[O-])C(=O)Cl. The van der Waals surface area contributed by atoms with Gasteiger partial charge in [0.2, 0.25) is 0 Å². The predicted molar refractivity (Wildman–Crippen MR) is 71.6 cm³/mol. The van der Waals surface area contributed by atoms with Gasteiger partial charge in [0.05, 0.1) is 10.3 Å². The minimum atomic E-state index is -0.943. The molecule has 0 saturated heterocycles. The first-order valence-corrected chi connectivity index (χ1v) is 5.90. The summed E-state index contributed by atoms with van der Waals surface area (Å²) in [6.45, 7) is 1.44. The van der Waals surface area contributed by atoms with Crippen LogP contribution in [0.4, 0.5) is 5.69 Å². The molecule has 0 aliphatic heterocycles. The molecule has 0 bridgehead atoms. The van der Waals surface area contributed by atoms with E-state index >= 15 is 0 Å². The molecule has 0 radical (unpaired) electrons. The fourth-order valence-electron chi connectivity index (χ4n) is 1.76. The van der Waals surface area contributed by atoms with Crippen molar-refractivity contribution in [3.8, 4) is 5.75 Å². The Morgan fingerprint density at radius 1 is 1.32 bits per heavy atom. The van der Waals surface area contributed by atoms with Gasteiger partial charge in [-0.3, -0.25) is 14.9 Å². The molecule has 0 aliphatic rings. The first kappa shape index (κ1) is 13.3. The Morgan fingerprint density at radius 3 is 2.63 bits per heavy atom. The van der Waals surface area contributed by atoms with Gasteiger partial charge in [-0.25, -0.2) is 0 Å². The van der Waals surface area contributed by atoms with Gasteiger partial charge >= 0.3 is 5.69 Å². The Kier molecular flexibility index (Phi) is 3.66. The maximum absolute atomic E-state index is 11.2. The Balaban J connectivity index is 2.58. The van der Waals surface area contributed by atoms with E-state index in [1.807, 2.05) is 0 Å². The fourth-order valence-corrected chi connectivity index (χ4v) is 1.80. The second-order valence-corrected chi connectivity index (χ2v) is 4.33. The van der Waals surface area contributed by atoms with E-state index in [1.54, 1.807) is 30.3 Å². The quantitative estimate of drug-likeness (QED) is 0.489. The molecule has 0 N–H and O–H groups in total. The average molecular weight is 280 g/mol. The zero-order valence-electron chi connectivity index (χ0n) is 10.00. The molecule has 0 aliphatic carbocycles. The lowest BCUT2D eigenvalue weighted by atomic mass is 10.1. The number of nitro groups is 1. The third kappa shape index (κ3) is 2.66. The molecule has 1 atom stereocenters. The van der Waals surface area contributed by atoms with Gasteiger partial charge in [0.25, 0.3) is 5.24 Å². The van der Waals surface area contributed by atoms with Crippen molar-refractivity contribution in [2.24, 2.45) is 0 Å². The van der Waals surface area contributed by atoms with Gasteiger partial charge in [-0.2, -0.15) is 0 Å². The van der Waals surface area contributed by atoms with Crippen LogP contribution in [0.15, 0.2) is 36.4 Å². The van der Waals surface area contributed by atoms with Crippen LogP contribution in [-0.2, 0) is 4.79 Å². The third-order valence-electron chi connectivity index (χ3n) is 2.67. The lowest BCUT2D eigenvalue weighted by Gasteiger charge is -2.11. The zero-order valence-corrected chi connectivity index (χ0v) is 10.8. The number of ether oxygens (including phenoxy) is 1. The molecular weight excluding hydrogens is 270 g/mol. The Bertz CT molecular complexity index is 656. The Morgan fingerprint density at radius 2 is 2.00 bits per heavy atom. The number of nitro benzene ring substituents is 1. The molecule has 2 aromatic carbocycles. The largest absolute Gasteiger partial charge is 0.474 e. The van der Waals surface area contributed by atoms with E-state index in [0.717, 1.165) is 5.39 Å². The van der Waals surface area contributed by atoms with Crippen LogP contribution in [0.3, 0.4) is 0 Å². The normalized spacial score (nSPS) is 12.1. The van der Waals surface area contributed by atoms with E-state index in [2.05, 4.69) is 0 Å². The monoisotopic (exact) mass is 279 g/mol. The molecule has 0 spiro atoms. The summed E-state index contributed by atoms with van der Waals surface area (Å²) in [6, 6.07) is 10.1. The number of benzene rings is 2. The van der Waals surface area contributed by atoms with Crippen molar-refractivity contribution in [2.45, 2.75) is 13.0 Å². The summed E-state index contributed by atoms with van der Waals surface area (Å²) in [7, 11) is 0. The fraction of sp³-hybridized carbons (Fsp3) is 0.154. The molecule has 0 saturated carbocycles. The maximum Gasteiger partial charge on any atom is 0.318 e. The second kappa shape index (κ2) is 5.24. The van der Waals surface area contributed by atoms with Gasteiger partial charge in [-0.05, 0) is 36.0 Å². The van der Waals surface area contributed by atoms with Crippen LogP contribution in [0, 0.1) is 10.1 Å². The molecule has 0 aromatic heterocycles. The number of hydrogen-bond donors (Lipinski definition) is 0. The highest BCUT2D eigenvalue weighted by atomic mass is 35.5. The number of nitrogens with zero attached hydrogens (tertiary/aromatic N) is 1. The van der Waals surface area contributed by atoms with Gasteiger partial charge in [0.15, 0.2) is 11.9 Å². The molecule has 0 fully saturated rings. The molecular formula is C13H10ClNO4. The van der Waals surface area contributed by atoms with Crippen LogP contribution >= 0.6 is 11.6 Å². The molecule has 0 heterocycles. The minimum absolute atomic E-state index is 0.0326. The topological polar surface area (TPSA) is 69.4 Å². The highest BCUT2D eigenvalue weighted by Gasteiger charge is 2.22. The number of carbonyl (C=O) groups excluding carboxylic acids is 1. The van der Waals surface area contributed by atoms with Crippen LogP contribution in [0.1, 0.15) is 6.92 Å². The first-order valence-electron chi connectivity index (χ1n) is 5.53. The number of halogens is 1. The summed E-state index contributed by atoms with van der Waals surface area (Å²) in [5, 5.41) is 11.7. The summed E-state index contributed by atoms with van der Waals surface area (Å²) in [4.78, 5) is 21.6. The average Bonchev–Trinajstić information content (AvgIpc) is 2.37. The van der Waals surface area contributed by atoms with Crippen molar-refractivity contribution >= 4 is 33.3 Å². The van der Waals surface area contributed by atoms with E-state index < -0.39 is 16.3 Å². The van der Waals surface area contributed by atoms with E-state index in [0.29, 0.717) is 5.39 Å². The van der Waals surface area contributed by atoms with E-state index in [1.165, 1.54) is 13.0 Å². The van der Waals surface area contributed by atoms with E-state index in [9.17, 15) is 14.9 Å². The molecule has 0 amide bonds. The molecule has 19 heavy (non-hydrogen) atoms. The zero-order chi connectivity index (χ0) is 14.0. The Hall–Kier alpha value is -2.14. The van der Waals surface area contributed by atoms with Gasteiger partial charge in [0, 0.05) is 0 Å². The summed E-state index contributed by atoms with van der Waals surface area (Å²) in [5.74, 6) is 0.0326. The van der Waals surface area contributed by atoms with Crippen LogP contribution in [0.2, 0.25) is 0 Å². The van der Waals surface area contributed by atoms with Crippen molar-refractivity contribution < 1.29 is 14.5 Å². The van der Waals surface area contributed by atoms with Crippen LogP contribution < -0.4 is 4.74 Å². The van der Waals surface area contributed by atoms with Crippen molar-refractivity contribution in [1.82, 2.24) is 0 Å². The van der Waals surface area contributed by atoms with Crippen LogP contribution in [0.5, 0.6) is 5.75 Å². The molecule has 2 rings (SSSR count). The van der Waals surface area contributed by atoms with Gasteiger partial charge in [0.1, 0.15) is 0 Å². The summed E-state index contributed by atoms with van der Waals surface area (Å²) >= 11 is 5.29. The predicted octanol–water partition coefficient (Wildman–Crippen LogP) is 3.28. The third-order valence-corrected chi connectivity index (χ3v) is 2.98. The van der Waals surface area contributed by atoms with E-state index in [-0.39, 0.29) is 11.4 Å². The highest BCUT2D eigenvalue weighted by molar-refractivity contribution is 6.64. The van der Waals surface area contributed by atoms with E-state index in [4.69, 9.17) is 16.3 Å². The smallest absolute Gasteiger partial charge is 0.318 e. The minimum Gasteiger partial charge on any atom is -0.474 e. The van der Waals surface area contributed by atoms with Crippen LogP contribution in [-0.4, -0.2) is 16.3 Å². The first-order chi connectivity index (χ1) is 9.00. The highest BCUT2D eigenvalue weighted by Crippen LogP contribution is 2.35. The molecule has 6 heteroatoms. The Labute approximate surface area is 113 Å².